The summed E-state index contributed by atoms with van der Waals surface area (Å²) in [5.41, 5.74) is 1.20. The first-order chi connectivity index (χ1) is 8.54. The molecule has 0 aliphatic heterocycles. The first kappa shape index (κ1) is 14.6. The molecule has 1 aromatic carbocycles. The summed E-state index contributed by atoms with van der Waals surface area (Å²) in [5, 5.41) is 11.6. The van der Waals surface area contributed by atoms with Gasteiger partial charge in [-0.15, -0.1) is 0 Å². The Morgan fingerprint density at radius 1 is 1.39 bits per heavy atom. The van der Waals surface area contributed by atoms with Gasteiger partial charge in [-0.25, -0.2) is 0 Å². The molecule has 1 aromatic rings. The third-order valence-corrected chi connectivity index (χ3v) is 3.31. The average Bonchev–Trinajstić information content (AvgIpc) is 2.31. The number of carboxylic acid groups (broad SMARTS) is 1. The number of anilines is 1. The van der Waals surface area contributed by atoms with Gasteiger partial charge in [0.05, 0.1) is 6.42 Å². The van der Waals surface area contributed by atoms with Crippen LogP contribution in [0, 0.1) is 5.92 Å². The molecule has 0 saturated carbocycles. The van der Waals surface area contributed by atoms with Gasteiger partial charge in [0.1, 0.15) is 0 Å². The topological polar surface area (TPSA) is 66.4 Å². The maximum atomic E-state index is 11.9. The van der Waals surface area contributed by atoms with Gasteiger partial charge in [0.2, 0.25) is 5.91 Å². The normalized spacial score (nSPS) is 11.9. The zero-order valence-corrected chi connectivity index (χ0v) is 11.3. The fourth-order valence-corrected chi connectivity index (χ4v) is 2.19. The molecule has 0 heterocycles. The number of amides is 1. The number of rotatable bonds is 6. The van der Waals surface area contributed by atoms with Gasteiger partial charge in [0, 0.05) is 17.4 Å². The number of para-hydroxylation sites is 1. The Morgan fingerprint density at radius 2 is 2.06 bits per heavy atom. The minimum absolute atomic E-state index is 0.0813. The van der Waals surface area contributed by atoms with Crippen molar-refractivity contribution in [3.63, 3.8) is 0 Å². The third kappa shape index (κ3) is 4.41. The largest absolute Gasteiger partial charge is 0.481 e. The van der Waals surface area contributed by atoms with Gasteiger partial charge in [-0.3, -0.25) is 9.59 Å². The number of aliphatic carboxylic acids is 1. The van der Waals surface area contributed by atoms with Crippen LogP contribution in [0.5, 0.6) is 0 Å². The van der Waals surface area contributed by atoms with Crippen molar-refractivity contribution in [1.29, 1.82) is 0 Å². The van der Waals surface area contributed by atoms with Crippen LogP contribution in [-0.4, -0.2) is 29.0 Å². The number of hydrogen-bond acceptors (Lipinski definition) is 3. The molecule has 0 saturated heterocycles. The monoisotopic (exact) mass is 267 g/mol. The molecule has 5 heteroatoms. The summed E-state index contributed by atoms with van der Waals surface area (Å²) in [4.78, 5) is 22.6. The lowest BCUT2D eigenvalue weighted by atomic mass is 10.1. The van der Waals surface area contributed by atoms with Crippen molar-refractivity contribution in [2.45, 2.75) is 13.3 Å². The van der Waals surface area contributed by atoms with Gasteiger partial charge in [0.15, 0.2) is 0 Å². The Morgan fingerprint density at radius 3 is 2.67 bits per heavy atom. The van der Waals surface area contributed by atoms with E-state index >= 15 is 0 Å². The highest BCUT2D eigenvalue weighted by molar-refractivity contribution is 7.98. The lowest BCUT2D eigenvalue weighted by molar-refractivity contribution is -0.136. The van der Waals surface area contributed by atoms with Crippen molar-refractivity contribution in [2.24, 2.45) is 5.92 Å². The summed E-state index contributed by atoms with van der Waals surface area (Å²) in [6.45, 7) is 1.85. The molecule has 0 bridgehead atoms. The van der Waals surface area contributed by atoms with Crippen molar-refractivity contribution in [2.75, 3.05) is 17.3 Å². The lowest BCUT2D eigenvalue weighted by Gasteiger charge is -2.13. The van der Waals surface area contributed by atoms with Crippen LogP contribution in [0.4, 0.5) is 5.69 Å². The summed E-state index contributed by atoms with van der Waals surface area (Å²) >= 11 is 1.61. The predicted molar refractivity (Wildman–Crippen MR) is 74.0 cm³/mol. The number of hydrogen-bond donors (Lipinski definition) is 2. The minimum atomic E-state index is -0.908. The van der Waals surface area contributed by atoms with Gasteiger partial charge in [-0.2, -0.15) is 11.8 Å². The standard InChI is InChI=1S/C13H17NO3S/c1-9(8-18-2)13(17)14-11-6-4-3-5-10(11)7-12(15)16/h3-6,9H,7-8H2,1-2H3,(H,14,17)(H,15,16). The van der Waals surface area contributed by atoms with E-state index < -0.39 is 5.97 Å². The summed E-state index contributed by atoms with van der Waals surface area (Å²) < 4.78 is 0. The zero-order valence-electron chi connectivity index (χ0n) is 10.5. The average molecular weight is 267 g/mol. The number of nitrogens with one attached hydrogen (secondary N) is 1. The van der Waals surface area contributed by atoms with E-state index in [1.807, 2.05) is 13.2 Å². The molecule has 18 heavy (non-hydrogen) atoms. The highest BCUT2D eigenvalue weighted by Crippen LogP contribution is 2.17. The molecule has 4 nitrogen and oxygen atoms in total. The maximum Gasteiger partial charge on any atom is 0.307 e. The molecule has 0 aliphatic rings. The van der Waals surface area contributed by atoms with E-state index in [9.17, 15) is 9.59 Å². The fourth-order valence-electron chi connectivity index (χ4n) is 1.54. The summed E-state index contributed by atoms with van der Waals surface area (Å²) in [6, 6.07) is 6.98. The Kier molecular flexibility index (Phi) is 5.71. The quantitative estimate of drug-likeness (QED) is 0.829. The summed E-state index contributed by atoms with van der Waals surface area (Å²) in [7, 11) is 0. The summed E-state index contributed by atoms with van der Waals surface area (Å²) in [6.07, 6.45) is 1.86. The smallest absolute Gasteiger partial charge is 0.307 e. The molecular formula is C13H17NO3S. The molecule has 98 valence electrons. The van der Waals surface area contributed by atoms with E-state index in [0.29, 0.717) is 11.3 Å². The van der Waals surface area contributed by atoms with Crippen LogP contribution in [0.25, 0.3) is 0 Å². The van der Waals surface area contributed by atoms with Crippen molar-refractivity contribution in [3.05, 3.63) is 29.8 Å². The van der Waals surface area contributed by atoms with Gasteiger partial charge < -0.3 is 10.4 Å². The van der Waals surface area contributed by atoms with E-state index in [1.165, 1.54) is 0 Å². The van der Waals surface area contributed by atoms with Crippen LogP contribution in [0.3, 0.4) is 0 Å². The Balaban J connectivity index is 2.77. The van der Waals surface area contributed by atoms with Gasteiger partial charge in [-0.05, 0) is 17.9 Å². The number of carbonyl (C=O) groups excluding carboxylic acids is 1. The Labute approximate surface area is 111 Å². The molecule has 0 fully saturated rings. The molecule has 0 aromatic heterocycles. The van der Waals surface area contributed by atoms with Gasteiger partial charge >= 0.3 is 5.97 Å². The second-order valence-corrected chi connectivity index (χ2v) is 4.98. The second-order valence-electron chi connectivity index (χ2n) is 4.07. The van der Waals surface area contributed by atoms with Crippen LogP contribution < -0.4 is 5.32 Å². The molecule has 0 spiro atoms. The van der Waals surface area contributed by atoms with Crippen molar-refractivity contribution in [1.82, 2.24) is 0 Å². The summed E-state index contributed by atoms with van der Waals surface area (Å²) in [5.74, 6) is -0.346. The molecule has 0 aliphatic carbocycles. The van der Waals surface area contributed by atoms with Crippen molar-refractivity contribution in [3.8, 4) is 0 Å². The minimum Gasteiger partial charge on any atom is -0.481 e. The highest BCUT2D eigenvalue weighted by atomic mass is 32.2. The molecule has 2 N–H and O–H groups in total. The van der Waals surface area contributed by atoms with Gasteiger partial charge in [0.25, 0.3) is 0 Å². The molecule has 1 amide bonds. The second kappa shape index (κ2) is 7.06. The lowest BCUT2D eigenvalue weighted by Crippen LogP contribution is -2.23. The third-order valence-electron chi connectivity index (χ3n) is 2.48. The van der Waals surface area contributed by atoms with E-state index in [2.05, 4.69) is 5.32 Å². The van der Waals surface area contributed by atoms with Crippen LogP contribution in [0.15, 0.2) is 24.3 Å². The molecule has 1 unspecified atom stereocenters. The van der Waals surface area contributed by atoms with E-state index in [-0.39, 0.29) is 18.2 Å². The van der Waals surface area contributed by atoms with Crippen LogP contribution >= 0.6 is 11.8 Å². The highest BCUT2D eigenvalue weighted by Gasteiger charge is 2.14. The van der Waals surface area contributed by atoms with E-state index in [0.717, 1.165) is 5.75 Å². The molecule has 0 radical (unpaired) electrons. The predicted octanol–water partition coefficient (Wildman–Crippen LogP) is 2.25. The first-order valence-corrected chi connectivity index (χ1v) is 7.03. The number of carboxylic acids is 1. The van der Waals surface area contributed by atoms with E-state index in [1.54, 1.807) is 36.0 Å². The molecular weight excluding hydrogens is 250 g/mol. The molecule has 1 atom stereocenters. The van der Waals surface area contributed by atoms with Gasteiger partial charge in [-0.1, -0.05) is 25.1 Å². The van der Waals surface area contributed by atoms with Crippen LogP contribution in [0.2, 0.25) is 0 Å². The van der Waals surface area contributed by atoms with Crippen molar-refractivity contribution < 1.29 is 14.7 Å². The Hall–Kier alpha value is -1.49. The molecule has 1 rings (SSSR count). The maximum absolute atomic E-state index is 11.9. The Bertz CT molecular complexity index is 434. The zero-order chi connectivity index (χ0) is 13.5. The number of thioether (sulfide) groups is 1. The van der Waals surface area contributed by atoms with Crippen LogP contribution in [0.1, 0.15) is 12.5 Å². The number of benzene rings is 1. The fraction of sp³-hybridized carbons (Fsp3) is 0.385. The van der Waals surface area contributed by atoms with Crippen LogP contribution in [-0.2, 0) is 16.0 Å². The van der Waals surface area contributed by atoms with E-state index in [4.69, 9.17) is 5.11 Å². The SMILES string of the molecule is CSCC(C)C(=O)Nc1ccccc1CC(=O)O. The number of carbonyl (C=O) groups is 2. The van der Waals surface area contributed by atoms with Crippen molar-refractivity contribution >= 4 is 29.3 Å². The first-order valence-electron chi connectivity index (χ1n) is 5.64.